The van der Waals surface area contributed by atoms with Gasteiger partial charge in [-0.05, 0) is 63.6 Å². The van der Waals surface area contributed by atoms with Crippen LogP contribution < -0.4 is 5.32 Å². The Hall–Kier alpha value is -1.88. The van der Waals surface area contributed by atoms with E-state index < -0.39 is 5.54 Å². The number of carbonyl (C=O) groups excluding carboxylic acids is 2. The van der Waals surface area contributed by atoms with E-state index >= 15 is 0 Å². The normalized spacial score (nSPS) is 23.6. The molecule has 5 heteroatoms. The Morgan fingerprint density at radius 2 is 1.92 bits per heavy atom. The standard InChI is InChI=1S/C19H26N2O3/c1-18(2,3)24-11-10-21-16(22)19(4,20-17(21)23)15-9-8-13-6-5-7-14(13)12-15/h8-9,12H,5-7,10-11H2,1-4H3,(H,20,23). The first-order chi connectivity index (χ1) is 11.2. The van der Waals surface area contributed by atoms with Crippen LogP contribution in [0.4, 0.5) is 4.79 Å². The van der Waals surface area contributed by atoms with Crippen LogP contribution in [0.15, 0.2) is 18.2 Å². The highest BCUT2D eigenvalue weighted by atomic mass is 16.5. The number of benzene rings is 1. The minimum absolute atomic E-state index is 0.206. The summed E-state index contributed by atoms with van der Waals surface area (Å²) in [6.07, 6.45) is 3.31. The molecular weight excluding hydrogens is 304 g/mol. The van der Waals surface area contributed by atoms with Crippen LogP contribution in [0.3, 0.4) is 0 Å². The number of urea groups is 1. The molecule has 1 aromatic rings. The lowest BCUT2D eigenvalue weighted by atomic mass is 9.90. The monoisotopic (exact) mass is 330 g/mol. The van der Waals surface area contributed by atoms with Crippen molar-refractivity contribution in [2.45, 2.75) is 58.1 Å². The third-order valence-electron chi connectivity index (χ3n) is 4.80. The van der Waals surface area contributed by atoms with Crippen molar-refractivity contribution in [2.75, 3.05) is 13.2 Å². The summed E-state index contributed by atoms with van der Waals surface area (Å²) < 4.78 is 5.65. The Morgan fingerprint density at radius 3 is 2.62 bits per heavy atom. The van der Waals surface area contributed by atoms with Crippen LogP contribution in [0.2, 0.25) is 0 Å². The lowest BCUT2D eigenvalue weighted by molar-refractivity contribution is -0.132. The van der Waals surface area contributed by atoms with Gasteiger partial charge in [0.1, 0.15) is 5.54 Å². The van der Waals surface area contributed by atoms with E-state index in [0.29, 0.717) is 6.61 Å². The fourth-order valence-electron chi connectivity index (χ4n) is 3.42. The van der Waals surface area contributed by atoms with Crippen molar-refractivity contribution in [3.8, 4) is 0 Å². The van der Waals surface area contributed by atoms with Crippen molar-refractivity contribution in [1.82, 2.24) is 10.2 Å². The minimum Gasteiger partial charge on any atom is -0.374 e. The van der Waals surface area contributed by atoms with E-state index in [9.17, 15) is 9.59 Å². The van der Waals surface area contributed by atoms with E-state index in [1.54, 1.807) is 6.92 Å². The number of fused-ring (bicyclic) bond motifs is 1. The summed E-state index contributed by atoms with van der Waals surface area (Å²) >= 11 is 0. The van der Waals surface area contributed by atoms with Gasteiger partial charge in [-0.1, -0.05) is 18.2 Å². The fourth-order valence-corrected chi connectivity index (χ4v) is 3.42. The van der Waals surface area contributed by atoms with Crippen LogP contribution in [-0.2, 0) is 27.9 Å². The molecule has 1 fully saturated rings. The Morgan fingerprint density at radius 1 is 1.21 bits per heavy atom. The molecule has 3 amide bonds. The zero-order chi connectivity index (χ0) is 17.5. The van der Waals surface area contributed by atoms with Gasteiger partial charge in [0.2, 0.25) is 0 Å². The van der Waals surface area contributed by atoms with Crippen LogP contribution in [0, 0.1) is 0 Å². The molecule has 0 aromatic heterocycles. The van der Waals surface area contributed by atoms with Gasteiger partial charge in [-0.3, -0.25) is 9.69 Å². The van der Waals surface area contributed by atoms with Gasteiger partial charge in [0.05, 0.1) is 18.8 Å². The summed E-state index contributed by atoms with van der Waals surface area (Å²) in [4.78, 5) is 26.4. The molecule has 1 saturated heterocycles. The topological polar surface area (TPSA) is 58.6 Å². The van der Waals surface area contributed by atoms with Crippen molar-refractivity contribution >= 4 is 11.9 Å². The number of hydrogen-bond acceptors (Lipinski definition) is 3. The van der Waals surface area contributed by atoms with Crippen molar-refractivity contribution in [3.05, 3.63) is 34.9 Å². The van der Waals surface area contributed by atoms with E-state index in [4.69, 9.17) is 4.74 Å². The first kappa shape index (κ1) is 17.0. The highest BCUT2D eigenvalue weighted by molar-refractivity contribution is 6.07. The summed E-state index contributed by atoms with van der Waals surface area (Å²) in [6, 6.07) is 5.79. The van der Waals surface area contributed by atoms with E-state index in [1.807, 2.05) is 26.8 Å². The van der Waals surface area contributed by atoms with Crippen molar-refractivity contribution in [1.29, 1.82) is 0 Å². The average Bonchev–Trinajstić information content (AvgIpc) is 3.04. The minimum atomic E-state index is -0.990. The van der Waals surface area contributed by atoms with Crippen molar-refractivity contribution in [3.63, 3.8) is 0 Å². The molecule has 1 heterocycles. The van der Waals surface area contributed by atoms with Gasteiger partial charge < -0.3 is 10.1 Å². The molecule has 1 atom stereocenters. The van der Waals surface area contributed by atoms with E-state index in [-0.39, 0.29) is 24.1 Å². The Balaban J connectivity index is 1.77. The molecule has 1 aromatic carbocycles. The Kier molecular flexibility index (Phi) is 4.16. The number of ether oxygens (including phenoxy) is 1. The van der Waals surface area contributed by atoms with E-state index in [0.717, 1.165) is 24.8 Å². The maximum Gasteiger partial charge on any atom is 0.325 e. The summed E-state index contributed by atoms with van der Waals surface area (Å²) in [6.45, 7) is 8.24. The van der Waals surface area contributed by atoms with E-state index in [1.165, 1.54) is 16.0 Å². The van der Waals surface area contributed by atoms with Crippen LogP contribution >= 0.6 is 0 Å². The second-order valence-electron chi connectivity index (χ2n) is 7.81. The van der Waals surface area contributed by atoms with Crippen LogP contribution in [0.1, 0.15) is 50.8 Å². The second-order valence-corrected chi connectivity index (χ2v) is 7.81. The quantitative estimate of drug-likeness (QED) is 0.864. The smallest absolute Gasteiger partial charge is 0.325 e. The highest BCUT2D eigenvalue weighted by Crippen LogP contribution is 2.32. The SMILES string of the molecule is CC(C)(C)OCCN1C(=O)NC(C)(c2ccc3c(c2)CCC3)C1=O. The van der Waals surface area contributed by atoms with Crippen LogP contribution in [0.5, 0.6) is 0 Å². The molecule has 0 radical (unpaired) electrons. The lowest BCUT2D eigenvalue weighted by Gasteiger charge is -2.24. The number of nitrogens with one attached hydrogen (secondary N) is 1. The largest absolute Gasteiger partial charge is 0.374 e. The van der Waals surface area contributed by atoms with Crippen LogP contribution in [0.25, 0.3) is 0 Å². The van der Waals surface area contributed by atoms with Gasteiger partial charge in [-0.25, -0.2) is 4.79 Å². The third-order valence-corrected chi connectivity index (χ3v) is 4.80. The maximum absolute atomic E-state index is 12.9. The predicted octanol–water partition coefficient (Wildman–Crippen LogP) is 2.76. The summed E-state index contributed by atoms with van der Waals surface area (Å²) in [7, 11) is 0. The predicted molar refractivity (Wildman–Crippen MR) is 91.8 cm³/mol. The number of imide groups is 1. The Labute approximate surface area is 143 Å². The Bertz CT molecular complexity index is 678. The molecule has 0 saturated carbocycles. The molecule has 0 spiro atoms. The van der Waals surface area contributed by atoms with Gasteiger partial charge in [-0.2, -0.15) is 0 Å². The number of carbonyl (C=O) groups is 2. The fraction of sp³-hybridized carbons (Fsp3) is 0.579. The molecule has 130 valence electrons. The number of rotatable bonds is 4. The first-order valence-corrected chi connectivity index (χ1v) is 8.61. The second kappa shape index (κ2) is 5.88. The summed E-state index contributed by atoms with van der Waals surface area (Å²) in [5.74, 6) is -0.206. The first-order valence-electron chi connectivity index (χ1n) is 8.61. The van der Waals surface area contributed by atoms with E-state index in [2.05, 4.69) is 17.4 Å². The molecule has 5 nitrogen and oxygen atoms in total. The maximum atomic E-state index is 12.9. The highest BCUT2D eigenvalue weighted by Gasteiger charge is 2.49. The number of aryl methyl sites for hydroxylation is 2. The van der Waals surface area contributed by atoms with Gasteiger partial charge in [-0.15, -0.1) is 0 Å². The molecule has 24 heavy (non-hydrogen) atoms. The van der Waals surface area contributed by atoms with Gasteiger partial charge in [0, 0.05) is 0 Å². The molecule has 1 unspecified atom stereocenters. The number of hydrogen-bond donors (Lipinski definition) is 1. The lowest BCUT2D eigenvalue weighted by Crippen LogP contribution is -2.41. The van der Waals surface area contributed by atoms with Crippen molar-refractivity contribution in [2.24, 2.45) is 0 Å². The zero-order valence-corrected chi connectivity index (χ0v) is 14.9. The van der Waals surface area contributed by atoms with Gasteiger partial charge in [0.25, 0.3) is 5.91 Å². The number of nitrogens with zero attached hydrogens (tertiary/aromatic N) is 1. The van der Waals surface area contributed by atoms with Crippen LogP contribution in [-0.4, -0.2) is 35.6 Å². The molecular formula is C19H26N2O3. The molecule has 2 aliphatic rings. The molecule has 1 N–H and O–H groups in total. The van der Waals surface area contributed by atoms with Gasteiger partial charge >= 0.3 is 6.03 Å². The number of amides is 3. The molecule has 3 rings (SSSR count). The molecule has 0 bridgehead atoms. The average molecular weight is 330 g/mol. The zero-order valence-electron chi connectivity index (χ0n) is 14.9. The van der Waals surface area contributed by atoms with Gasteiger partial charge in [0.15, 0.2) is 0 Å². The molecule has 1 aliphatic carbocycles. The summed E-state index contributed by atoms with van der Waals surface area (Å²) in [5, 5.41) is 2.87. The third kappa shape index (κ3) is 3.05. The van der Waals surface area contributed by atoms with Crippen molar-refractivity contribution < 1.29 is 14.3 Å². The molecule has 1 aliphatic heterocycles. The summed E-state index contributed by atoms with van der Waals surface area (Å²) in [5.41, 5.74) is 2.24.